The lowest BCUT2D eigenvalue weighted by Crippen LogP contribution is -2.23. The Morgan fingerprint density at radius 1 is 0.524 bits per heavy atom. The molecule has 0 amide bonds. The van der Waals surface area contributed by atoms with E-state index in [-0.39, 0.29) is 90.3 Å². The van der Waals surface area contributed by atoms with Gasteiger partial charge in [0, 0.05) is 154 Å². The predicted molar refractivity (Wildman–Crippen MR) is 494 cm³/mol. The van der Waals surface area contributed by atoms with Crippen molar-refractivity contribution < 1.29 is 53.1 Å². The van der Waals surface area contributed by atoms with Crippen LogP contribution in [0.15, 0.2) is 132 Å². The minimum Gasteiger partial charge on any atom is -0.451 e. The molecule has 21 N–H and O–H groups in total. The number of aryl methyl sites for hydroxylation is 2. The number of nitrogens with two attached hydrogens (primary N) is 5. The maximum absolute atomic E-state index is 11.9. The first-order valence-electron chi connectivity index (χ1n) is 41.1. The van der Waals surface area contributed by atoms with Gasteiger partial charge in [-0.15, -0.1) is 0 Å². The number of rotatable bonds is 31. The molecule has 10 aromatic heterocycles. The number of aliphatic hydroxyl groups excluding tert-OH is 4. The van der Waals surface area contributed by atoms with Gasteiger partial charge in [0.05, 0.1) is 66.6 Å². The first-order chi connectivity index (χ1) is 60.2. The normalized spacial score (nSPS) is 12.7. The van der Waals surface area contributed by atoms with Crippen molar-refractivity contribution in [2.75, 3.05) is 133 Å². The van der Waals surface area contributed by atoms with E-state index in [1.807, 2.05) is 83.3 Å². The van der Waals surface area contributed by atoms with E-state index in [9.17, 15) is 9.32 Å². The Bertz CT molecular complexity index is 5400. The minimum atomic E-state index is -2.93. The standard InChI is InChI=1S/C19H20BrN5O.C19H30N6O4.C17H26N6O2.C17H23N5O2.C14H19N5O2S/c1-12(2)14-10-22-17(20)8-15(14)26-16-11-24-19(21)25-18(16)23-9-13-6-4-3-5-7-13;1-11(2)14-7-22-17(21-6-13(28)10-27)4-15(14)29-16-8-24-19(25-18(16)20)23-5-12(3)9-26;1-4-5-20-17-22-10-14(16(18)23-17)25-13-8-15(19-6-7-24)21-9-12(13)11(2)3;1-11(2)12-9-20-16-8-13(12)24-14-10-21-15(22-17(14)18)4-3-6-23-7-5-19-16;1-8(2)10-6-18-13(22(4,16)20)5-11(10)21-12-7-17-9(3)19-14(12)15/h3-8,10-12H,9H2,1-2H3,(H3,21,23,24,25);4,7-8,11-13,26-28H,5-6,9-10H2,1-3H3,(H,21,22)(H3,20,23,24,25);8-11,24H,4-7H2,1-3H3,(H,19,21)(H3,18,20,22,23);8-11H,3-7H2,1-2H3,(H,19,20)(H2,18,21,22);5-8,16H,1-4H3,(H2,15,17,19). The Balaban J connectivity index is 0.000000195. The number of fused-ring (bicyclic) bond motifs is 8. The molecular weight excluding hydrogens is 1700 g/mol. The number of anilines is 11. The molecule has 2 aliphatic rings. The van der Waals surface area contributed by atoms with Crippen LogP contribution in [0.2, 0.25) is 0 Å². The molecule has 13 rings (SSSR count). The summed E-state index contributed by atoms with van der Waals surface area (Å²) in [6.07, 6.45) is 19.4. The van der Waals surface area contributed by atoms with Crippen LogP contribution in [0.5, 0.6) is 57.5 Å². The number of nitrogens with one attached hydrogen (secondary N) is 7. The van der Waals surface area contributed by atoms with Crippen molar-refractivity contribution in [1.82, 2.24) is 74.8 Å². The second-order valence-electron chi connectivity index (χ2n) is 30.5. The van der Waals surface area contributed by atoms with Crippen molar-refractivity contribution in [3.63, 3.8) is 0 Å². The van der Waals surface area contributed by atoms with Crippen LogP contribution in [0.25, 0.3) is 0 Å². The smallest absolute Gasteiger partial charge is 0.224 e. The summed E-state index contributed by atoms with van der Waals surface area (Å²) in [5.74, 6) is 11.8. The SMILES string of the molecule is CC(C)c1cnc(Br)cc1Oc1cnc(N)nc1NCc1ccccc1.CC(C)c1cnc2cc1Oc1cnc(nc1N)CCCOCCN2.CC(CO)CNc1ncc(Oc2cc(NCC(O)CO)ncc2C(C)C)c(N)n1.CCCNc1ncc(Oc2cc(NCCO)ncc2C(C)C)c(N)n1.Cc1ncc(Oc2cc(S(C)(=N)=O)ncc2C(C)C)c(N)n1. The fourth-order valence-corrected chi connectivity index (χ4v) is 12.2. The number of aliphatic hydroxyl groups is 4. The molecule has 3 atom stereocenters. The molecule has 0 spiro atoms. The lowest BCUT2D eigenvalue weighted by Gasteiger charge is -2.17. The van der Waals surface area contributed by atoms with E-state index in [0.29, 0.717) is 148 Å². The number of hydrogen-bond donors (Lipinski definition) is 16. The molecule has 3 unspecified atom stereocenters. The van der Waals surface area contributed by atoms with Gasteiger partial charge in [0.25, 0.3) is 0 Å². The maximum Gasteiger partial charge on any atom is 0.224 e. The fraction of sp³-hybridized carbons (Fsp3) is 0.407. The van der Waals surface area contributed by atoms with Gasteiger partial charge < -0.3 is 109 Å². The maximum atomic E-state index is 11.9. The number of halogens is 1. The Kier molecular flexibility index (Phi) is 38.6. The molecule has 676 valence electrons. The van der Waals surface area contributed by atoms with E-state index in [1.54, 1.807) is 62.4 Å². The molecule has 4 bridgehead atoms. The number of nitrogens with zero attached hydrogens (tertiary/aromatic N) is 15. The van der Waals surface area contributed by atoms with Crippen LogP contribution in [-0.2, 0) is 27.4 Å². The largest absolute Gasteiger partial charge is 0.451 e. The molecule has 126 heavy (non-hydrogen) atoms. The topological polar surface area (TPSA) is 573 Å². The fourth-order valence-electron chi connectivity index (χ4n) is 11.3. The molecule has 38 nitrogen and oxygen atoms in total. The number of pyridine rings is 5. The van der Waals surface area contributed by atoms with Gasteiger partial charge in [0.2, 0.25) is 17.8 Å². The van der Waals surface area contributed by atoms with Crippen LogP contribution in [-0.4, -0.2) is 178 Å². The van der Waals surface area contributed by atoms with Gasteiger partial charge in [-0.2, -0.15) is 15.0 Å². The Hall–Kier alpha value is -12.6. The van der Waals surface area contributed by atoms with Crippen LogP contribution in [0.1, 0.15) is 171 Å². The highest BCUT2D eigenvalue weighted by Crippen LogP contribution is 2.40. The minimum absolute atomic E-state index is 0.0246. The summed E-state index contributed by atoms with van der Waals surface area (Å²) in [7, 11) is -2.93. The number of nitrogen functional groups attached to an aromatic ring is 5. The van der Waals surface area contributed by atoms with Gasteiger partial charge >= 0.3 is 0 Å². The van der Waals surface area contributed by atoms with E-state index in [2.05, 4.69) is 171 Å². The number of aromatic nitrogens is 15. The van der Waals surface area contributed by atoms with Crippen molar-refractivity contribution in [2.45, 2.75) is 157 Å². The second kappa shape index (κ2) is 49.2. The molecule has 0 aliphatic carbocycles. The van der Waals surface area contributed by atoms with Crippen LogP contribution in [0.4, 0.5) is 64.4 Å². The molecule has 12 heterocycles. The molecule has 0 saturated carbocycles. The van der Waals surface area contributed by atoms with Crippen molar-refractivity contribution in [1.29, 1.82) is 4.78 Å². The third-order valence-electron chi connectivity index (χ3n) is 18.2. The zero-order valence-corrected chi connectivity index (χ0v) is 75.9. The summed E-state index contributed by atoms with van der Waals surface area (Å²) < 4.78 is 55.7. The lowest BCUT2D eigenvalue weighted by molar-refractivity contribution is 0.105. The summed E-state index contributed by atoms with van der Waals surface area (Å²) in [5.41, 5.74) is 35.4. The zero-order valence-electron chi connectivity index (χ0n) is 73.5. The third-order valence-corrected chi connectivity index (χ3v) is 19.7. The summed E-state index contributed by atoms with van der Waals surface area (Å²) in [6.45, 7) is 30.4. The van der Waals surface area contributed by atoms with Gasteiger partial charge in [-0.05, 0) is 76.8 Å². The summed E-state index contributed by atoms with van der Waals surface area (Å²) in [4.78, 5) is 63.5. The molecular formula is C86H118BrN27O11S. The van der Waals surface area contributed by atoms with Gasteiger partial charge in [-0.3, -0.25) is 0 Å². The third kappa shape index (κ3) is 31.3. The number of benzene rings is 1. The van der Waals surface area contributed by atoms with Crippen LogP contribution in [0, 0.1) is 17.6 Å². The Labute approximate surface area is 743 Å². The van der Waals surface area contributed by atoms with Gasteiger partial charge in [-0.25, -0.2) is 68.8 Å². The highest BCUT2D eigenvalue weighted by atomic mass is 79.9. The second-order valence-corrected chi connectivity index (χ2v) is 33.4. The molecule has 11 aromatic rings. The first-order valence-corrected chi connectivity index (χ1v) is 43.9. The molecule has 0 saturated heterocycles. The Morgan fingerprint density at radius 3 is 1.62 bits per heavy atom. The van der Waals surface area contributed by atoms with Gasteiger partial charge in [0.15, 0.2) is 57.8 Å². The van der Waals surface area contributed by atoms with Crippen molar-refractivity contribution >= 4 is 90.0 Å². The van der Waals surface area contributed by atoms with Crippen molar-refractivity contribution in [3.05, 3.63) is 172 Å². The Morgan fingerprint density at radius 2 is 1.06 bits per heavy atom. The van der Waals surface area contributed by atoms with E-state index in [1.165, 1.54) is 24.7 Å². The van der Waals surface area contributed by atoms with Crippen molar-refractivity contribution in [3.8, 4) is 57.5 Å². The van der Waals surface area contributed by atoms with Gasteiger partial charge in [0.1, 0.15) is 67.5 Å². The summed E-state index contributed by atoms with van der Waals surface area (Å²) >= 11 is 3.39. The van der Waals surface area contributed by atoms with E-state index in [0.717, 1.165) is 65.0 Å². The first kappa shape index (κ1) is 98.8. The zero-order chi connectivity index (χ0) is 91.6. The monoisotopic (exact) mass is 1820 g/mol. The van der Waals surface area contributed by atoms with E-state index < -0.39 is 15.8 Å². The summed E-state index contributed by atoms with van der Waals surface area (Å²) in [5, 5.41) is 55.2. The highest BCUT2D eigenvalue weighted by molar-refractivity contribution is 9.10. The van der Waals surface area contributed by atoms with Crippen LogP contribution < -0.4 is 84.3 Å². The predicted octanol–water partition coefficient (Wildman–Crippen LogP) is 14.0. The molecule has 40 heteroatoms. The lowest BCUT2D eigenvalue weighted by atomic mass is 10.0. The molecule has 0 fully saturated rings. The van der Waals surface area contributed by atoms with Crippen LogP contribution in [0.3, 0.4) is 0 Å². The summed E-state index contributed by atoms with van der Waals surface area (Å²) in [6, 6.07) is 18.8. The average Bonchev–Trinajstić information content (AvgIpc) is 0.812. The molecule has 0 radical (unpaired) electrons. The molecule has 1 aromatic carbocycles. The average molecular weight is 1820 g/mol. The van der Waals surface area contributed by atoms with Crippen LogP contribution >= 0.6 is 15.9 Å². The number of hydrogen-bond acceptors (Lipinski definition) is 38. The molecule has 2 aliphatic heterocycles. The van der Waals surface area contributed by atoms with E-state index in [4.69, 9.17) is 77.2 Å². The number of ether oxygens (including phenoxy) is 6. The van der Waals surface area contributed by atoms with Gasteiger partial charge in [-0.1, -0.05) is 113 Å². The highest BCUT2D eigenvalue weighted by Gasteiger charge is 2.22. The van der Waals surface area contributed by atoms with E-state index >= 15 is 0 Å². The van der Waals surface area contributed by atoms with Crippen molar-refractivity contribution in [2.24, 2.45) is 5.92 Å². The quantitative estimate of drug-likeness (QED) is 0.0179.